The van der Waals surface area contributed by atoms with Crippen LogP contribution in [-0.4, -0.2) is 19.4 Å². The summed E-state index contributed by atoms with van der Waals surface area (Å²) in [6, 6.07) is 4.70. The molecule has 17 heavy (non-hydrogen) atoms. The standard InChI is InChI=1S/C10H10Br2F3NO/c11-6-1-2-8(12)7(3-6)9(16)4-17-5-10(13,14)15/h1-3,9H,4-5,16H2. The Morgan fingerprint density at radius 2 is 1.94 bits per heavy atom. The minimum atomic E-state index is -4.33. The summed E-state index contributed by atoms with van der Waals surface area (Å²) < 4.78 is 41.7. The maximum absolute atomic E-state index is 11.9. The highest BCUT2D eigenvalue weighted by Gasteiger charge is 2.27. The van der Waals surface area contributed by atoms with Crippen molar-refractivity contribution in [3.63, 3.8) is 0 Å². The summed E-state index contributed by atoms with van der Waals surface area (Å²) in [5.41, 5.74) is 6.45. The van der Waals surface area contributed by atoms with E-state index in [0.717, 1.165) is 8.95 Å². The molecule has 96 valence electrons. The zero-order valence-electron chi connectivity index (χ0n) is 8.60. The van der Waals surface area contributed by atoms with E-state index in [2.05, 4.69) is 36.6 Å². The summed E-state index contributed by atoms with van der Waals surface area (Å²) in [7, 11) is 0. The normalized spacial score (nSPS) is 13.8. The topological polar surface area (TPSA) is 35.2 Å². The predicted octanol–water partition coefficient (Wildman–Crippen LogP) is 3.79. The Labute approximate surface area is 114 Å². The summed E-state index contributed by atoms with van der Waals surface area (Å²) in [4.78, 5) is 0. The molecule has 1 aromatic rings. The van der Waals surface area contributed by atoms with Crippen LogP contribution in [-0.2, 0) is 4.74 Å². The van der Waals surface area contributed by atoms with E-state index in [1.165, 1.54) is 0 Å². The monoisotopic (exact) mass is 375 g/mol. The van der Waals surface area contributed by atoms with Gasteiger partial charge in [0.05, 0.1) is 12.6 Å². The van der Waals surface area contributed by atoms with E-state index in [4.69, 9.17) is 5.73 Å². The zero-order chi connectivity index (χ0) is 13.1. The number of ether oxygens (including phenoxy) is 1. The van der Waals surface area contributed by atoms with Crippen molar-refractivity contribution in [3.05, 3.63) is 32.7 Å². The van der Waals surface area contributed by atoms with Gasteiger partial charge in [0, 0.05) is 8.95 Å². The molecule has 1 unspecified atom stereocenters. The van der Waals surface area contributed by atoms with Gasteiger partial charge < -0.3 is 10.5 Å². The lowest BCUT2D eigenvalue weighted by Crippen LogP contribution is -2.23. The van der Waals surface area contributed by atoms with Gasteiger partial charge in [-0.15, -0.1) is 0 Å². The van der Waals surface area contributed by atoms with E-state index in [9.17, 15) is 13.2 Å². The molecule has 1 rings (SSSR count). The largest absolute Gasteiger partial charge is 0.411 e. The second-order valence-corrected chi connectivity index (χ2v) is 5.17. The summed E-state index contributed by atoms with van der Waals surface area (Å²) in [5, 5.41) is 0. The van der Waals surface area contributed by atoms with Gasteiger partial charge in [-0.3, -0.25) is 0 Å². The fourth-order valence-corrected chi connectivity index (χ4v) is 2.11. The van der Waals surface area contributed by atoms with Gasteiger partial charge >= 0.3 is 6.18 Å². The minimum absolute atomic E-state index is 0.186. The van der Waals surface area contributed by atoms with Gasteiger partial charge in [0.15, 0.2) is 0 Å². The number of alkyl halides is 3. The van der Waals surface area contributed by atoms with E-state index in [-0.39, 0.29) is 6.61 Å². The Morgan fingerprint density at radius 1 is 1.29 bits per heavy atom. The van der Waals surface area contributed by atoms with Crippen LogP contribution in [0.4, 0.5) is 13.2 Å². The lowest BCUT2D eigenvalue weighted by Gasteiger charge is -2.15. The average Bonchev–Trinajstić information content (AvgIpc) is 2.19. The van der Waals surface area contributed by atoms with E-state index in [0.29, 0.717) is 5.56 Å². The molecule has 0 bridgehead atoms. The third-order valence-corrected chi connectivity index (χ3v) is 3.14. The van der Waals surface area contributed by atoms with Crippen molar-refractivity contribution in [2.24, 2.45) is 5.73 Å². The third kappa shape index (κ3) is 5.37. The van der Waals surface area contributed by atoms with Gasteiger partial charge in [-0.25, -0.2) is 0 Å². The molecule has 1 atom stereocenters. The quantitative estimate of drug-likeness (QED) is 0.867. The molecule has 0 aliphatic carbocycles. The lowest BCUT2D eigenvalue weighted by molar-refractivity contribution is -0.174. The van der Waals surface area contributed by atoms with Crippen molar-refractivity contribution < 1.29 is 17.9 Å². The van der Waals surface area contributed by atoms with Crippen LogP contribution in [0.15, 0.2) is 27.1 Å². The van der Waals surface area contributed by atoms with E-state index < -0.39 is 18.8 Å². The maximum Gasteiger partial charge on any atom is 0.411 e. The third-order valence-electron chi connectivity index (χ3n) is 1.92. The summed E-state index contributed by atoms with van der Waals surface area (Å²) >= 11 is 6.55. The number of rotatable bonds is 4. The first-order valence-corrected chi connectivity index (χ1v) is 6.23. The lowest BCUT2D eigenvalue weighted by atomic mass is 10.1. The first-order chi connectivity index (χ1) is 7.79. The number of benzene rings is 1. The molecule has 2 nitrogen and oxygen atoms in total. The van der Waals surface area contributed by atoms with Crippen molar-refractivity contribution >= 4 is 31.9 Å². The summed E-state index contributed by atoms with van der Waals surface area (Å²) in [6.07, 6.45) is -4.33. The first-order valence-electron chi connectivity index (χ1n) is 4.64. The Balaban J connectivity index is 2.58. The Kier molecular flexibility index (Phi) is 5.43. The van der Waals surface area contributed by atoms with Gasteiger partial charge in [0.25, 0.3) is 0 Å². The van der Waals surface area contributed by atoms with E-state index in [1.807, 2.05) is 0 Å². The SMILES string of the molecule is NC(COCC(F)(F)F)c1cc(Br)ccc1Br. The number of hydrogen-bond acceptors (Lipinski definition) is 2. The van der Waals surface area contributed by atoms with Gasteiger partial charge in [-0.05, 0) is 23.8 Å². The highest BCUT2D eigenvalue weighted by atomic mass is 79.9. The number of hydrogen-bond donors (Lipinski definition) is 1. The van der Waals surface area contributed by atoms with Crippen molar-refractivity contribution in [2.45, 2.75) is 12.2 Å². The molecule has 0 aromatic heterocycles. The smallest absolute Gasteiger partial charge is 0.370 e. The zero-order valence-corrected chi connectivity index (χ0v) is 11.8. The molecular weight excluding hydrogens is 367 g/mol. The van der Waals surface area contributed by atoms with Crippen LogP contribution in [0.25, 0.3) is 0 Å². The Bertz CT molecular complexity index is 384. The average molecular weight is 377 g/mol. The fourth-order valence-electron chi connectivity index (χ4n) is 1.19. The van der Waals surface area contributed by atoms with Crippen molar-refractivity contribution in [1.82, 2.24) is 0 Å². The Morgan fingerprint density at radius 3 is 2.53 bits per heavy atom. The molecule has 0 saturated carbocycles. The van der Waals surface area contributed by atoms with E-state index >= 15 is 0 Å². The minimum Gasteiger partial charge on any atom is -0.370 e. The molecule has 0 radical (unpaired) electrons. The molecule has 0 aliphatic heterocycles. The van der Waals surface area contributed by atoms with E-state index in [1.54, 1.807) is 18.2 Å². The van der Waals surface area contributed by atoms with Gasteiger partial charge in [-0.2, -0.15) is 13.2 Å². The summed E-state index contributed by atoms with van der Waals surface area (Å²) in [6.45, 7) is -1.47. The summed E-state index contributed by atoms with van der Waals surface area (Å²) in [5.74, 6) is 0. The molecule has 0 saturated heterocycles. The molecule has 0 heterocycles. The number of nitrogens with two attached hydrogens (primary N) is 1. The molecule has 1 aromatic carbocycles. The van der Waals surface area contributed by atoms with Crippen LogP contribution in [0.2, 0.25) is 0 Å². The van der Waals surface area contributed by atoms with Gasteiger partial charge in [0.2, 0.25) is 0 Å². The molecule has 0 amide bonds. The molecular formula is C10H10Br2F3NO. The van der Waals surface area contributed by atoms with Crippen LogP contribution < -0.4 is 5.73 Å². The Hall–Kier alpha value is -0.110. The van der Waals surface area contributed by atoms with Gasteiger partial charge in [0.1, 0.15) is 6.61 Å². The molecule has 0 aliphatic rings. The first kappa shape index (κ1) is 14.9. The molecule has 0 spiro atoms. The molecule has 7 heteroatoms. The molecule has 0 fully saturated rings. The van der Waals surface area contributed by atoms with Gasteiger partial charge in [-0.1, -0.05) is 31.9 Å². The van der Waals surface area contributed by atoms with Crippen molar-refractivity contribution in [1.29, 1.82) is 0 Å². The second kappa shape index (κ2) is 6.17. The predicted molar refractivity (Wildman–Crippen MR) is 65.6 cm³/mol. The molecule has 2 N–H and O–H groups in total. The van der Waals surface area contributed by atoms with Crippen LogP contribution in [0.3, 0.4) is 0 Å². The van der Waals surface area contributed by atoms with Crippen molar-refractivity contribution in [2.75, 3.05) is 13.2 Å². The number of halogens is 5. The second-order valence-electron chi connectivity index (χ2n) is 3.40. The van der Waals surface area contributed by atoms with Crippen LogP contribution in [0, 0.1) is 0 Å². The maximum atomic E-state index is 11.9. The van der Waals surface area contributed by atoms with Crippen LogP contribution in [0.1, 0.15) is 11.6 Å². The van der Waals surface area contributed by atoms with Crippen LogP contribution >= 0.6 is 31.9 Å². The van der Waals surface area contributed by atoms with Crippen molar-refractivity contribution in [3.8, 4) is 0 Å². The highest BCUT2D eigenvalue weighted by molar-refractivity contribution is 9.11. The highest BCUT2D eigenvalue weighted by Crippen LogP contribution is 2.26. The fraction of sp³-hybridized carbons (Fsp3) is 0.400. The van der Waals surface area contributed by atoms with Crippen LogP contribution in [0.5, 0.6) is 0 Å².